The summed E-state index contributed by atoms with van der Waals surface area (Å²) in [7, 11) is 0. The van der Waals surface area contributed by atoms with E-state index in [0.29, 0.717) is 5.02 Å². The molecule has 19 heavy (non-hydrogen) atoms. The van der Waals surface area contributed by atoms with Crippen LogP contribution in [0.15, 0.2) is 60.3 Å². The zero-order chi connectivity index (χ0) is 13.4. The molecule has 1 heterocycles. The monoisotopic (exact) mass is 291 g/mol. The Balaban J connectivity index is 2.07. The number of carbonyl (C=O) groups is 1. The summed E-state index contributed by atoms with van der Waals surface area (Å²) >= 11 is 12.1. The van der Waals surface area contributed by atoms with Crippen LogP contribution in [0.2, 0.25) is 5.02 Å². The first-order valence-corrected chi connectivity index (χ1v) is 6.78. The molecule has 0 saturated carbocycles. The largest absolute Gasteiger partial charge is 0.283 e. The van der Waals surface area contributed by atoms with E-state index in [9.17, 15) is 4.79 Å². The lowest BCUT2D eigenvalue weighted by Crippen LogP contribution is -2.26. The molecule has 3 rings (SSSR count). The minimum Gasteiger partial charge on any atom is -0.283 e. The number of hydrogen-bond acceptors (Lipinski definition) is 1. The third kappa shape index (κ3) is 2.11. The van der Waals surface area contributed by atoms with E-state index < -0.39 is 5.38 Å². The van der Waals surface area contributed by atoms with Crippen molar-refractivity contribution in [3.05, 3.63) is 65.4 Å². The van der Waals surface area contributed by atoms with E-state index in [1.165, 1.54) is 0 Å². The minimum atomic E-state index is -0.557. The topological polar surface area (TPSA) is 20.3 Å². The Bertz CT molecular complexity index is 601. The highest BCUT2D eigenvalue weighted by atomic mass is 35.5. The first-order chi connectivity index (χ1) is 9.18. The fourth-order valence-electron chi connectivity index (χ4n) is 2.35. The van der Waals surface area contributed by atoms with Gasteiger partial charge in [0.25, 0.3) is 0 Å². The Morgan fingerprint density at radius 3 is 2.53 bits per heavy atom. The van der Waals surface area contributed by atoms with Crippen LogP contribution in [0, 0.1) is 5.92 Å². The number of nitrogens with zero attached hydrogens (tertiary/aromatic N) is 1. The second-order valence-electron chi connectivity index (χ2n) is 4.44. The molecule has 0 unspecified atom stereocenters. The quantitative estimate of drug-likeness (QED) is 0.718. The van der Waals surface area contributed by atoms with E-state index in [4.69, 9.17) is 23.2 Å². The minimum absolute atomic E-state index is 0.0835. The summed E-state index contributed by atoms with van der Waals surface area (Å²) in [5, 5.41) is 0.0853. The molecule has 1 aliphatic heterocycles. The van der Waals surface area contributed by atoms with Crippen LogP contribution in [-0.2, 0) is 4.79 Å². The first-order valence-electron chi connectivity index (χ1n) is 5.97. The summed E-state index contributed by atoms with van der Waals surface area (Å²) in [4.78, 5) is 14.0. The highest BCUT2D eigenvalue weighted by Gasteiger charge is 2.42. The highest BCUT2D eigenvalue weighted by Crippen LogP contribution is 2.38. The second-order valence-corrected chi connectivity index (χ2v) is 5.35. The van der Waals surface area contributed by atoms with Gasteiger partial charge in [0.1, 0.15) is 5.38 Å². The van der Waals surface area contributed by atoms with Crippen LogP contribution in [0.4, 0.5) is 5.69 Å². The molecule has 4 heteroatoms. The Labute approximate surface area is 121 Å². The molecule has 0 spiro atoms. The number of allylic oxidation sites excluding steroid dienone is 5. The number of amides is 1. The van der Waals surface area contributed by atoms with Gasteiger partial charge in [0.2, 0.25) is 5.91 Å². The molecule has 1 aromatic carbocycles. The first kappa shape index (κ1) is 12.5. The van der Waals surface area contributed by atoms with Gasteiger partial charge in [-0.15, -0.1) is 11.6 Å². The number of rotatable bonds is 1. The zero-order valence-electron chi connectivity index (χ0n) is 9.96. The fourth-order valence-corrected chi connectivity index (χ4v) is 2.79. The molecule has 1 saturated heterocycles. The van der Waals surface area contributed by atoms with E-state index in [1.807, 2.05) is 42.5 Å². The lowest BCUT2D eigenvalue weighted by Gasteiger charge is -2.19. The molecule has 0 bridgehead atoms. The van der Waals surface area contributed by atoms with Crippen molar-refractivity contribution in [3.63, 3.8) is 0 Å². The molecule has 96 valence electrons. The van der Waals surface area contributed by atoms with Crippen LogP contribution in [0.3, 0.4) is 0 Å². The van der Waals surface area contributed by atoms with Gasteiger partial charge in [-0.2, -0.15) is 0 Å². The fraction of sp³-hybridized carbons (Fsp3) is 0.133. The van der Waals surface area contributed by atoms with E-state index in [1.54, 1.807) is 17.0 Å². The molecule has 0 radical (unpaired) electrons. The molecule has 1 amide bonds. The van der Waals surface area contributed by atoms with Crippen molar-refractivity contribution in [3.8, 4) is 0 Å². The molecule has 0 N–H and O–H groups in total. The molecule has 2 nitrogen and oxygen atoms in total. The van der Waals surface area contributed by atoms with Crippen molar-refractivity contribution in [2.45, 2.75) is 5.38 Å². The smallest absolute Gasteiger partial charge is 0.250 e. The SMILES string of the molecule is O=C1[C@@H](Cl)[C@@H]2C=CC=CC=C2N1c1ccc(Cl)cc1. The standard InChI is InChI=1S/C15H11Cl2NO/c16-10-6-8-11(9-7-10)18-13-5-3-1-2-4-12(13)14(17)15(18)19/h1-9,12,14H/t12-,14+/m1/s1. The van der Waals surface area contributed by atoms with E-state index in [-0.39, 0.29) is 11.8 Å². The van der Waals surface area contributed by atoms with Crippen LogP contribution in [0.5, 0.6) is 0 Å². The normalized spacial score (nSPS) is 25.3. The van der Waals surface area contributed by atoms with Crippen LogP contribution in [0.25, 0.3) is 0 Å². The predicted octanol–water partition coefficient (Wildman–Crippen LogP) is 3.92. The maximum atomic E-state index is 12.3. The average Bonchev–Trinajstić information content (AvgIpc) is 2.61. The zero-order valence-corrected chi connectivity index (χ0v) is 11.5. The highest BCUT2D eigenvalue weighted by molar-refractivity contribution is 6.35. The number of alkyl halides is 1. The average molecular weight is 292 g/mol. The second kappa shape index (κ2) is 4.87. The number of anilines is 1. The number of fused-ring (bicyclic) bond motifs is 1. The maximum Gasteiger partial charge on any atom is 0.250 e. The molecule has 1 fully saturated rings. The summed E-state index contributed by atoms with van der Waals surface area (Å²) in [6.07, 6.45) is 9.65. The van der Waals surface area contributed by atoms with Crippen molar-refractivity contribution in [2.24, 2.45) is 5.92 Å². The number of carbonyl (C=O) groups excluding carboxylic acids is 1. The van der Waals surface area contributed by atoms with E-state index in [2.05, 4.69) is 0 Å². The van der Waals surface area contributed by atoms with Gasteiger partial charge in [0.15, 0.2) is 0 Å². The van der Waals surface area contributed by atoms with Crippen LogP contribution in [-0.4, -0.2) is 11.3 Å². The Morgan fingerprint density at radius 1 is 1.05 bits per heavy atom. The van der Waals surface area contributed by atoms with Crippen molar-refractivity contribution >= 4 is 34.8 Å². The molecule has 1 aliphatic carbocycles. The molecule has 2 atom stereocenters. The van der Waals surface area contributed by atoms with Crippen molar-refractivity contribution in [2.75, 3.05) is 4.90 Å². The number of hydrogen-bond donors (Lipinski definition) is 0. The molecule has 1 aromatic rings. The van der Waals surface area contributed by atoms with Crippen LogP contribution < -0.4 is 4.90 Å². The van der Waals surface area contributed by atoms with Gasteiger partial charge in [-0.3, -0.25) is 9.69 Å². The summed E-state index contributed by atoms with van der Waals surface area (Å²) < 4.78 is 0. The molecule has 2 aliphatic rings. The maximum absolute atomic E-state index is 12.3. The van der Waals surface area contributed by atoms with E-state index >= 15 is 0 Å². The Kier molecular flexibility index (Phi) is 3.21. The summed E-state index contributed by atoms with van der Waals surface area (Å²) in [6.45, 7) is 0. The van der Waals surface area contributed by atoms with Gasteiger partial charge < -0.3 is 0 Å². The lowest BCUT2D eigenvalue weighted by atomic mass is 10.0. The summed E-state index contributed by atoms with van der Waals surface area (Å²) in [5.74, 6) is -0.181. The molecule has 0 aromatic heterocycles. The molecular weight excluding hydrogens is 281 g/mol. The van der Waals surface area contributed by atoms with Crippen molar-refractivity contribution in [1.29, 1.82) is 0 Å². The Morgan fingerprint density at radius 2 is 1.79 bits per heavy atom. The van der Waals surface area contributed by atoms with Gasteiger partial charge in [-0.1, -0.05) is 35.9 Å². The van der Waals surface area contributed by atoms with Gasteiger partial charge in [-0.25, -0.2) is 0 Å². The van der Waals surface area contributed by atoms with Gasteiger partial charge in [0, 0.05) is 22.3 Å². The summed E-state index contributed by atoms with van der Waals surface area (Å²) in [6, 6.07) is 7.18. The van der Waals surface area contributed by atoms with Gasteiger partial charge in [0.05, 0.1) is 0 Å². The van der Waals surface area contributed by atoms with Gasteiger partial charge >= 0.3 is 0 Å². The van der Waals surface area contributed by atoms with Crippen molar-refractivity contribution < 1.29 is 4.79 Å². The van der Waals surface area contributed by atoms with Crippen LogP contribution >= 0.6 is 23.2 Å². The van der Waals surface area contributed by atoms with Gasteiger partial charge in [-0.05, 0) is 30.3 Å². The van der Waals surface area contributed by atoms with Crippen molar-refractivity contribution in [1.82, 2.24) is 0 Å². The lowest BCUT2D eigenvalue weighted by molar-refractivity contribution is -0.116. The number of benzene rings is 1. The third-order valence-electron chi connectivity index (χ3n) is 3.26. The Hall–Kier alpha value is -1.51. The summed E-state index contributed by atoms with van der Waals surface area (Å²) in [5.41, 5.74) is 1.69. The third-order valence-corrected chi connectivity index (χ3v) is 3.97. The number of halogens is 2. The molecular formula is C15H11Cl2NO. The van der Waals surface area contributed by atoms with Crippen LogP contribution in [0.1, 0.15) is 0 Å². The predicted molar refractivity (Wildman–Crippen MR) is 78.4 cm³/mol. The van der Waals surface area contributed by atoms with E-state index in [0.717, 1.165) is 11.4 Å².